The number of rotatable bonds is 6. The zero-order chi connectivity index (χ0) is 19.6. The van der Waals surface area contributed by atoms with Crippen molar-refractivity contribution in [2.75, 3.05) is 18.5 Å². The number of likely N-dealkylation sites (tertiary alicyclic amines) is 1. The molecule has 1 atom stereocenters. The van der Waals surface area contributed by atoms with Crippen LogP contribution in [0.1, 0.15) is 36.5 Å². The van der Waals surface area contributed by atoms with Gasteiger partial charge in [0, 0.05) is 17.8 Å². The molecule has 2 N–H and O–H groups in total. The Kier molecular flexibility index (Phi) is 5.25. The van der Waals surface area contributed by atoms with E-state index in [1.165, 1.54) is 11.0 Å². The van der Waals surface area contributed by atoms with Crippen molar-refractivity contribution in [3.63, 3.8) is 0 Å². The Morgan fingerprint density at radius 1 is 1.26 bits per heavy atom. The molecule has 0 radical (unpaired) electrons. The quantitative estimate of drug-likeness (QED) is 0.739. The van der Waals surface area contributed by atoms with Gasteiger partial charge in [-0.3, -0.25) is 14.4 Å². The van der Waals surface area contributed by atoms with Crippen LogP contribution in [0, 0.1) is 0 Å². The highest BCUT2D eigenvalue weighted by Crippen LogP contribution is 2.25. The van der Waals surface area contributed by atoms with Gasteiger partial charge in [0.1, 0.15) is 11.7 Å². The van der Waals surface area contributed by atoms with Gasteiger partial charge in [-0.2, -0.15) is 0 Å². The number of amides is 1. The first-order valence-electron chi connectivity index (χ1n) is 8.81. The zero-order valence-corrected chi connectivity index (χ0v) is 14.9. The minimum Gasteiger partial charge on any atom is -0.488 e. The summed E-state index contributed by atoms with van der Waals surface area (Å²) in [5.41, 5.74) is -0.531. The number of carbonyl (C=O) groups excluding carboxylic acids is 1. The maximum atomic E-state index is 12.8. The van der Waals surface area contributed by atoms with E-state index in [-0.39, 0.29) is 24.0 Å². The summed E-state index contributed by atoms with van der Waals surface area (Å²) in [5.74, 6) is -1.40. The Morgan fingerprint density at radius 3 is 2.74 bits per heavy atom. The van der Waals surface area contributed by atoms with E-state index in [9.17, 15) is 24.3 Å². The molecule has 3 rings (SSSR count). The van der Waals surface area contributed by atoms with Gasteiger partial charge in [-0.1, -0.05) is 6.07 Å². The molecule has 142 valence electrons. The summed E-state index contributed by atoms with van der Waals surface area (Å²) in [7, 11) is 0. The van der Waals surface area contributed by atoms with Gasteiger partial charge in [0.15, 0.2) is 5.75 Å². The smallest absolute Gasteiger partial charge is 0.326 e. The van der Waals surface area contributed by atoms with Gasteiger partial charge in [0.05, 0.1) is 6.61 Å². The Labute approximate surface area is 155 Å². The van der Waals surface area contributed by atoms with Gasteiger partial charge >= 0.3 is 5.97 Å². The van der Waals surface area contributed by atoms with Crippen LogP contribution in [0.15, 0.2) is 33.9 Å². The van der Waals surface area contributed by atoms with Crippen molar-refractivity contribution < 1.29 is 19.4 Å². The summed E-state index contributed by atoms with van der Waals surface area (Å²) in [4.78, 5) is 48.9. The standard InChI is InChI=1S/C19H20N2O6/c1-2-27-17-14(15(22)16(17)23)20-12-7-5-6-11(10-12)18(24)21-9-4-3-8-13(21)19(25)26/h5-7,10,13,20H,2-4,8-9H2,1H3,(H,25,26). The predicted molar refractivity (Wildman–Crippen MR) is 98.6 cm³/mol. The summed E-state index contributed by atoms with van der Waals surface area (Å²) in [6, 6.07) is 5.56. The van der Waals surface area contributed by atoms with E-state index in [1.54, 1.807) is 25.1 Å². The van der Waals surface area contributed by atoms with Crippen molar-refractivity contribution in [2.45, 2.75) is 32.2 Å². The van der Waals surface area contributed by atoms with Crippen molar-refractivity contribution in [3.05, 3.63) is 50.3 Å². The fraction of sp³-hybridized carbons (Fsp3) is 0.368. The van der Waals surface area contributed by atoms with E-state index in [0.29, 0.717) is 24.2 Å². The Hall–Kier alpha value is -3.16. The lowest BCUT2D eigenvalue weighted by Crippen LogP contribution is -2.48. The Morgan fingerprint density at radius 2 is 2.04 bits per heavy atom. The number of nitrogens with one attached hydrogen (secondary N) is 1. The molecular formula is C19H20N2O6. The van der Waals surface area contributed by atoms with Crippen LogP contribution >= 0.6 is 0 Å². The molecule has 0 bridgehead atoms. The molecule has 0 aromatic heterocycles. The van der Waals surface area contributed by atoms with Crippen LogP contribution in [0.2, 0.25) is 0 Å². The Balaban J connectivity index is 1.82. The van der Waals surface area contributed by atoms with E-state index in [0.717, 1.165) is 12.8 Å². The molecule has 1 unspecified atom stereocenters. The van der Waals surface area contributed by atoms with Crippen LogP contribution < -0.4 is 20.9 Å². The molecular weight excluding hydrogens is 352 g/mol. The normalized spacial score (nSPS) is 16.9. The van der Waals surface area contributed by atoms with Crippen LogP contribution in [-0.4, -0.2) is 41.1 Å². The predicted octanol–water partition coefficient (Wildman–Crippen LogP) is 1.50. The third kappa shape index (κ3) is 3.55. The lowest BCUT2D eigenvalue weighted by atomic mass is 10.0. The van der Waals surface area contributed by atoms with Crippen molar-refractivity contribution in [1.29, 1.82) is 0 Å². The van der Waals surface area contributed by atoms with Gasteiger partial charge in [0.2, 0.25) is 0 Å². The summed E-state index contributed by atoms with van der Waals surface area (Å²) >= 11 is 0. The molecule has 2 aromatic carbocycles. The number of nitrogens with zero attached hydrogens (tertiary/aromatic N) is 1. The maximum absolute atomic E-state index is 12.8. The van der Waals surface area contributed by atoms with Crippen LogP contribution in [-0.2, 0) is 4.79 Å². The molecule has 1 saturated heterocycles. The Bertz CT molecular complexity index is 944. The minimum atomic E-state index is -1.01. The molecule has 2 aromatic rings. The molecule has 27 heavy (non-hydrogen) atoms. The average molecular weight is 372 g/mol. The van der Waals surface area contributed by atoms with Gasteiger partial charge in [0.25, 0.3) is 16.8 Å². The number of hydrogen-bond acceptors (Lipinski definition) is 6. The summed E-state index contributed by atoms with van der Waals surface area (Å²) < 4.78 is 5.16. The van der Waals surface area contributed by atoms with E-state index in [4.69, 9.17) is 4.74 Å². The minimum absolute atomic E-state index is 0.0128. The number of carboxylic acids is 1. The van der Waals surface area contributed by atoms with Crippen LogP contribution in [0.4, 0.5) is 11.4 Å². The molecule has 1 heterocycles. The molecule has 8 heteroatoms. The molecule has 0 aliphatic carbocycles. The van der Waals surface area contributed by atoms with E-state index < -0.39 is 22.9 Å². The van der Waals surface area contributed by atoms with Crippen LogP contribution in [0.3, 0.4) is 0 Å². The number of hydrogen-bond donors (Lipinski definition) is 2. The van der Waals surface area contributed by atoms with E-state index in [1.807, 2.05) is 0 Å². The lowest BCUT2D eigenvalue weighted by Gasteiger charge is -2.33. The molecule has 1 aliphatic rings. The summed E-state index contributed by atoms with van der Waals surface area (Å²) in [6.07, 6.45) is 1.96. The topological polar surface area (TPSA) is 113 Å². The monoisotopic (exact) mass is 372 g/mol. The number of carbonyl (C=O) groups is 2. The molecule has 0 spiro atoms. The fourth-order valence-corrected chi connectivity index (χ4v) is 3.24. The third-order valence-corrected chi connectivity index (χ3v) is 4.58. The van der Waals surface area contributed by atoms with Crippen LogP contribution in [0.25, 0.3) is 0 Å². The van der Waals surface area contributed by atoms with Gasteiger partial charge < -0.3 is 20.1 Å². The molecule has 8 nitrogen and oxygen atoms in total. The average Bonchev–Trinajstić information content (AvgIpc) is 2.70. The van der Waals surface area contributed by atoms with Crippen molar-refractivity contribution in [3.8, 4) is 5.75 Å². The van der Waals surface area contributed by atoms with Crippen molar-refractivity contribution in [1.82, 2.24) is 4.90 Å². The summed E-state index contributed by atoms with van der Waals surface area (Å²) in [6.45, 7) is 2.35. The summed E-state index contributed by atoms with van der Waals surface area (Å²) in [5, 5.41) is 12.2. The molecule has 1 amide bonds. The second kappa shape index (κ2) is 7.61. The first-order valence-corrected chi connectivity index (χ1v) is 8.81. The van der Waals surface area contributed by atoms with Crippen LogP contribution in [0.5, 0.6) is 5.75 Å². The largest absolute Gasteiger partial charge is 0.488 e. The van der Waals surface area contributed by atoms with E-state index in [2.05, 4.69) is 5.32 Å². The first kappa shape index (κ1) is 18.6. The van der Waals surface area contributed by atoms with Crippen molar-refractivity contribution >= 4 is 23.3 Å². The highest BCUT2D eigenvalue weighted by Gasteiger charge is 2.32. The first-order chi connectivity index (χ1) is 12.9. The number of piperidine rings is 1. The number of anilines is 2. The second-order valence-electron chi connectivity index (χ2n) is 6.35. The highest BCUT2D eigenvalue weighted by atomic mass is 16.5. The number of aliphatic carboxylic acids is 1. The number of carboxylic acid groups (broad SMARTS) is 1. The molecule has 1 aliphatic heterocycles. The number of benzene rings is 1. The number of ether oxygens (including phenoxy) is 1. The zero-order valence-electron chi connectivity index (χ0n) is 14.9. The van der Waals surface area contributed by atoms with Gasteiger partial charge in [-0.25, -0.2) is 4.79 Å². The van der Waals surface area contributed by atoms with Crippen molar-refractivity contribution in [2.24, 2.45) is 0 Å². The van der Waals surface area contributed by atoms with Gasteiger partial charge in [-0.15, -0.1) is 0 Å². The fourth-order valence-electron chi connectivity index (χ4n) is 3.24. The third-order valence-electron chi connectivity index (χ3n) is 4.58. The maximum Gasteiger partial charge on any atom is 0.326 e. The highest BCUT2D eigenvalue weighted by molar-refractivity contribution is 5.97. The lowest BCUT2D eigenvalue weighted by molar-refractivity contribution is -0.143. The van der Waals surface area contributed by atoms with Gasteiger partial charge in [-0.05, 0) is 44.4 Å². The molecule has 1 fully saturated rings. The second-order valence-corrected chi connectivity index (χ2v) is 6.35. The van der Waals surface area contributed by atoms with E-state index >= 15 is 0 Å². The SMILES string of the molecule is CCOc1c(Nc2cccc(C(=O)N3CCCCC3C(=O)O)c2)c(=O)c1=O. The molecule has 0 saturated carbocycles.